The number of fused-ring (bicyclic) bond motifs is 1. The van der Waals surface area contributed by atoms with E-state index in [1.165, 1.54) is 43.6 Å². The van der Waals surface area contributed by atoms with E-state index in [9.17, 15) is 0 Å². The average molecular weight is 331 g/mol. The van der Waals surface area contributed by atoms with Crippen molar-refractivity contribution in [2.75, 3.05) is 19.6 Å². The van der Waals surface area contributed by atoms with E-state index in [-0.39, 0.29) is 0 Å². The van der Waals surface area contributed by atoms with Crippen molar-refractivity contribution in [3.05, 3.63) is 66.0 Å². The van der Waals surface area contributed by atoms with Crippen LogP contribution in [0.1, 0.15) is 30.4 Å². The van der Waals surface area contributed by atoms with Gasteiger partial charge in [0.2, 0.25) is 0 Å². The van der Waals surface area contributed by atoms with E-state index in [1.54, 1.807) is 0 Å². The Morgan fingerprint density at radius 1 is 1.08 bits per heavy atom. The predicted molar refractivity (Wildman–Crippen MR) is 105 cm³/mol. The van der Waals surface area contributed by atoms with Gasteiger partial charge in [-0.15, -0.1) is 0 Å². The third-order valence-corrected chi connectivity index (χ3v) is 4.94. The van der Waals surface area contributed by atoms with E-state index in [0.29, 0.717) is 0 Å². The molecule has 1 aromatic carbocycles. The zero-order chi connectivity index (χ0) is 17.1. The van der Waals surface area contributed by atoms with Crippen LogP contribution in [0.3, 0.4) is 0 Å². The summed E-state index contributed by atoms with van der Waals surface area (Å²) in [4.78, 5) is 7.29. The fourth-order valence-electron chi connectivity index (χ4n) is 3.47. The zero-order valence-electron chi connectivity index (χ0n) is 14.9. The van der Waals surface area contributed by atoms with E-state index < -0.39 is 0 Å². The first-order valence-electron chi connectivity index (χ1n) is 9.23. The van der Waals surface area contributed by atoms with E-state index in [1.807, 2.05) is 0 Å². The van der Waals surface area contributed by atoms with Crippen LogP contribution in [0.15, 0.2) is 54.9 Å². The van der Waals surface area contributed by atoms with Crippen LogP contribution in [0.25, 0.3) is 23.0 Å². The molecule has 0 amide bonds. The van der Waals surface area contributed by atoms with Crippen LogP contribution in [0.5, 0.6) is 0 Å². The van der Waals surface area contributed by atoms with Crippen molar-refractivity contribution in [1.29, 1.82) is 0 Å². The maximum Gasteiger partial charge on any atom is 0.137 e. The molecule has 128 valence electrons. The highest BCUT2D eigenvalue weighted by Crippen LogP contribution is 2.20. The lowest BCUT2D eigenvalue weighted by molar-refractivity contribution is 0.346. The molecule has 4 rings (SSSR count). The molecule has 3 heterocycles. The number of aryl methyl sites for hydroxylation is 1. The van der Waals surface area contributed by atoms with Gasteiger partial charge in [0.25, 0.3) is 0 Å². The molecule has 1 fully saturated rings. The Labute approximate surface area is 149 Å². The van der Waals surface area contributed by atoms with Crippen molar-refractivity contribution in [1.82, 2.24) is 14.3 Å². The first kappa shape index (κ1) is 16.1. The summed E-state index contributed by atoms with van der Waals surface area (Å²) in [7, 11) is 0. The third kappa shape index (κ3) is 3.83. The van der Waals surface area contributed by atoms with Gasteiger partial charge in [-0.25, -0.2) is 4.98 Å². The fraction of sp³-hybridized carbons (Fsp3) is 0.318. The second kappa shape index (κ2) is 7.24. The summed E-state index contributed by atoms with van der Waals surface area (Å²) in [5.41, 5.74) is 5.68. The number of nitrogens with zero attached hydrogens (tertiary/aromatic N) is 3. The normalized spacial score (nSPS) is 15.6. The molecule has 0 radical (unpaired) electrons. The lowest BCUT2D eigenvalue weighted by Gasteiger charge is -2.11. The SMILES string of the molecule is Cc1ccn2cc(-c3ccc(/C=C/CCN4CCCC4)cc3)nc2c1. The second-order valence-electron chi connectivity index (χ2n) is 6.96. The predicted octanol–water partition coefficient (Wildman–Crippen LogP) is 4.81. The Kier molecular flexibility index (Phi) is 4.66. The Hall–Kier alpha value is -2.39. The first-order chi connectivity index (χ1) is 12.3. The molecule has 0 saturated carbocycles. The monoisotopic (exact) mass is 331 g/mol. The Morgan fingerprint density at radius 3 is 2.68 bits per heavy atom. The van der Waals surface area contributed by atoms with Crippen LogP contribution >= 0.6 is 0 Å². The fourth-order valence-corrected chi connectivity index (χ4v) is 3.47. The minimum absolute atomic E-state index is 1.00. The molecule has 1 saturated heterocycles. The minimum atomic E-state index is 1.00. The Balaban J connectivity index is 1.41. The maximum atomic E-state index is 4.73. The van der Waals surface area contributed by atoms with Gasteiger partial charge >= 0.3 is 0 Å². The molecule has 0 spiro atoms. The largest absolute Gasteiger partial charge is 0.306 e. The van der Waals surface area contributed by atoms with Crippen LogP contribution < -0.4 is 0 Å². The highest BCUT2D eigenvalue weighted by Gasteiger charge is 2.09. The van der Waals surface area contributed by atoms with E-state index in [2.05, 4.69) is 77.2 Å². The van der Waals surface area contributed by atoms with Gasteiger partial charge in [0, 0.05) is 24.5 Å². The van der Waals surface area contributed by atoms with Crippen LogP contribution in [0.2, 0.25) is 0 Å². The molecule has 0 unspecified atom stereocenters. The van der Waals surface area contributed by atoms with Gasteiger partial charge in [-0.2, -0.15) is 0 Å². The highest BCUT2D eigenvalue weighted by molar-refractivity contribution is 5.65. The average Bonchev–Trinajstić information content (AvgIpc) is 3.28. The lowest BCUT2D eigenvalue weighted by atomic mass is 10.1. The third-order valence-electron chi connectivity index (χ3n) is 4.94. The first-order valence-corrected chi connectivity index (χ1v) is 9.23. The maximum absolute atomic E-state index is 4.73. The van der Waals surface area contributed by atoms with E-state index in [0.717, 1.165) is 23.3 Å². The summed E-state index contributed by atoms with van der Waals surface area (Å²) in [5, 5.41) is 0. The molecule has 3 heteroatoms. The lowest BCUT2D eigenvalue weighted by Crippen LogP contribution is -2.19. The molecule has 2 aromatic heterocycles. The molecule has 1 aliphatic heterocycles. The molecular weight excluding hydrogens is 306 g/mol. The van der Waals surface area contributed by atoms with Crippen LogP contribution in [-0.4, -0.2) is 33.9 Å². The summed E-state index contributed by atoms with van der Waals surface area (Å²) in [6, 6.07) is 12.9. The Bertz CT molecular complexity index is 868. The Morgan fingerprint density at radius 2 is 1.88 bits per heavy atom. The summed E-state index contributed by atoms with van der Waals surface area (Å²) < 4.78 is 2.08. The van der Waals surface area contributed by atoms with Crippen molar-refractivity contribution in [2.45, 2.75) is 26.2 Å². The molecule has 0 aliphatic carbocycles. The second-order valence-corrected chi connectivity index (χ2v) is 6.96. The summed E-state index contributed by atoms with van der Waals surface area (Å²) in [5.74, 6) is 0. The zero-order valence-corrected chi connectivity index (χ0v) is 14.9. The van der Waals surface area contributed by atoms with Crippen molar-refractivity contribution < 1.29 is 0 Å². The number of likely N-dealkylation sites (tertiary alicyclic amines) is 1. The number of hydrogen-bond acceptors (Lipinski definition) is 2. The summed E-state index contributed by atoms with van der Waals surface area (Å²) >= 11 is 0. The van der Waals surface area contributed by atoms with Crippen molar-refractivity contribution >= 4 is 11.7 Å². The van der Waals surface area contributed by atoms with Crippen molar-refractivity contribution in [3.8, 4) is 11.3 Å². The van der Waals surface area contributed by atoms with Crippen molar-refractivity contribution in [3.63, 3.8) is 0 Å². The standard InChI is InChI=1S/C22H25N3/c1-18-11-15-25-17-21(23-22(25)16-18)20-9-7-19(8-10-20)6-2-3-12-24-13-4-5-14-24/h2,6-11,15-17H,3-5,12-14H2,1H3/b6-2+. The topological polar surface area (TPSA) is 20.5 Å². The van der Waals surface area contributed by atoms with Crippen LogP contribution in [0, 0.1) is 6.92 Å². The number of rotatable bonds is 5. The van der Waals surface area contributed by atoms with Crippen LogP contribution in [-0.2, 0) is 0 Å². The van der Waals surface area contributed by atoms with Gasteiger partial charge in [0.15, 0.2) is 0 Å². The molecule has 25 heavy (non-hydrogen) atoms. The summed E-state index contributed by atoms with van der Waals surface area (Å²) in [6.07, 6.45) is 12.6. The minimum Gasteiger partial charge on any atom is -0.306 e. The quantitative estimate of drug-likeness (QED) is 0.669. The molecule has 3 nitrogen and oxygen atoms in total. The number of benzene rings is 1. The highest BCUT2D eigenvalue weighted by atomic mass is 15.1. The molecular formula is C22H25N3. The number of hydrogen-bond donors (Lipinski definition) is 0. The molecule has 0 bridgehead atoms. The van der Waals surface area contributed by atoms with Gasteiger partial charge in [-0.1, -0.05) is 36.4 Å². The number of pyridine rings is 1. The molecule has 0 N–H and O–H groups in total. The number of imidazole rings is 1. The van der Waals surface area contributed by atoms with Gasteiger partial charge < -0.3 is 9.30 Å². The number of aromatic nitrogens is 2. The smallest absolute Gasteiger partial charge is 0.137 e. The molecule has 0 atom stereocenters. The molecule has 1 aliphatic rings. The van der Waals surface area contributed by atoms with Gasteiger partial charge in [-0.05, 0) is 62.5 Å². The van der Waals surface area contributed by atoms with Gasteiger partial charge in [0.1, 0.15) is 5.65 Å². The molecule has 3 aromatic rings. The summed E-state index contributed by atoms with van der Waals surface area (Å²) in [6.45, 7) is 5.84. The van der Waals surface area contributed by atoms with Gasteiger partial charge in [0.05, 0.1) is 5.69 Å². The van der Waals surface area contributed by atoms with Crippen LogP contribution in [0.4, 0.5) is 0 Å². The van der Waals surface area contributed by atoms with Gasteiger partial charge in [-0.3, -0.25) is 0 Å². The van der Waals surface area contributed by atoms with E-state index in [4.69, 9.17) is 4.98 Å². The van der Waals surface area contributed by atoms with E-state index >= 15 is 0 Å². The van der Waals surface area contributed by atoms with Crippen molar-refractivity contribution in [2.24, 2.45) is 0 Å².